The van der Waals surface area contributed by atoms with Gasteiger partial charge in [-0.1, -0.05) is 0 Å². The van der Waals surface area contributed by atoms with Crippen molar-refractivity contribution in [2.24, 2.45) is 0 Å². The van der Waals surface area contributed by atoms with E-state index in [9.17, 15) is 4.79 Å². The summed E-state index contributed by atoms with van der Waals surface area (Å²) in [6.07, 6.45) is 5.21. The number of amides is 1. The van der Waals surface area contributed by atoms with E-state index in [-0.39, 0.29) is 5.91 Å². The minimum atomic E-state index is 0.127. The molecule has 4 heteroatoms. The lowest BCUT2D eigenvalue weighted by Crippen LogP contribution is -2.24. The largest absolute Gasteiger partial charge is 0.356 e. The summed E-state index contributed by atoms with van der Waals surface area (Å²) in [6, 6.07) is 4.89. The number of carbonyl (C=O) groups is 1. The molecule has 1 aliphatic rings. The maximum Gasteiger partial charge on any atom is 0.221 e. The predicted molar refractivity (Wildman–Crippen MR) is 67.6 cm³/mol. The van der Waals surface area contributed by atoms with Crippen molar-refractivity contribution in [3.63, 3.8) is 0 Å². The molecule has 0 aliphatic heterocycles. The minimum absolute atomic E-state index is 0.127. The van der Waals surface area contributed by atoms with Crippen LogP contribution in [0.4, 0.5) is 0 Å². The van der Waals surface area contributed by atoms with Gasteiger partial charge in [-0.15, -0.1) is 0 Å². The summed E-state index contributed by atoms with van der Waals surface area (Å²) in [7, 11) is 0. The molecule has 1 aromatic heterocycles. The molecule has 0 atom stereocenters. The molecule has 1 aliphatic carbocycles. The zero-order chi connectivity index (χ0) is 12.1. The van der Waals surface area contributed by atoms with Gasteiger partial charge in [0.15, 0.2) is 0 Å². The van der Waals surface area contributed by atoms with Crippen molar-refractivity contribution >= 4 is 5.91 Å². The molecule has 17 heavy (non-hydrogen) atoms. The molecule has 0 aromatic carbocycles. The molecule has 4 nitrogen and oxygen atoms in total. The maximum absolute atomic E-state index is 11.4. The van der Waals surface area contributed by atoms with Gasteiger partial charge in [-0.2, -0.15) is 0 Å². The molecule has 1 aromatic rings. The fourth-order valence-corrected chi connectivity index (χ4v) is 1.87. The first-order chi connectivity index (χ1) is 8.29. The number of nitrogens with one attached hydrogen (secondary N) is 2. The summed E-state index contributed by atoms with van der Waals surface area (Å²) >= 11 is 0. The summed E-state index contributed by atoms with van der Waals surface area (Å²) in [5.41, 5.74) is 1.26. The fourth-order valence-electron chi connectivity index (χ4n) is 1.87. The van der Waals surface area contributed by atoms with Crippen LogP contribution in [0.3, 0.4) is 0 Å². The number of nitrogens with zero attached hydrogens (tertiary/aromatic N) is 1. The molecule has 0 spiro atoms. The van der Waals surface area contributed by atoms with Crippen molar-refractivity contribution < 1.29 is 4.79 Å². The molecular formula is C13H21N3O. The highest BCUT2D eigenvalue weighted by molar-refractivity contribution is 5.75. The fraction of sp³-hybridized carbons (Fsp3) is 0.615. The van der Waals surface area contributed by atoms with Crippen molar-refractivity contribution in [2.75, 3.05) is 6.54 Å². The van der Waals surface area contributed by atoms with E-state index in [1.807, 2.05) is 19.2 Å². The first-order valence-corrected chi connectivity index (χ1v) is 6.43. The first kappa shape index (κ1) is 12.2. The van der Waals surface area contributed by atoms with Crippen molar-refractivity contribution in [1.29, 1.82) is 0 Å². The van der Waals surface area contributed by atoms with Crippen LogP contribution in [-0.4, -0.2) is 23.1 Å². The maximum atomic E-state index is 11.4. The Kier molecular flexibility index (Phi) is 4.20. The van der Waals surface area contributed by atoms with Gasteiger partial charge in [0.05, 0.1) is 0 Å². The summed E-state index contributed by atoms with van der Waals surface area (Å²) in [5, 5.41) is 6.31. The molecule has 1 amide bonds. The topological polar surface area (TPSA) is 46.1 Å². The van der Waals surface area contributed by atoms with Gasteiger partial charge in [0.1, 0.15) is 0 Å². The van der Waals surface area contributed by atoms with Gasteiger partial charge in [-0.25, -0.2) is 0 Å². The molecule has 1 saturated carbocycles. The van der Waals surface area contributed by atoms with Crippen LogP contribution in [0.2, 0.25) is 0 Å². The van der Waals surface area contributed by atoms with E-state index in [0.717, 1.165) is 19.1 Å². The average Bonchev–Trinajstić information content (AvgIpc) is 3.03. The molecule has 1 heterocycles. The zero-order valence-corrected chi connectivity index (χ0v) is 10.4. The van der Waals surface area contributed by atoms with Crippen LogP contribution in [0.1, 0.15) is 31.9 Å². The van der Waals surface area contributed by atoms with Gasteiger partial charge in [0.2, 0.25) is 5.91 Å². The quantitative estimate of drug-likeness (QED) is 0.747. The third-order valence-corrected chi connectivity index (χ3v) is 3.03. The number of rotatable bonds is 7. The Morgan fingerprint density at radius 1 is 1.53 bits per heavy atom. The number of aryl methyl sites for hydroxylation is 1. The highest BCUT2D eigenvalue weighted by atomic mass is 16.1. The Morgan fingerprint density at radius 2 is 2.35 bits per heavy atom. The Morgan fingerprint density at radius 3 is 3.06 bits per heavy atom. The molecule has 0 bridgehead atoms. The summed E-state index contributed by atoms with van der Waals surface area (Å²) in [4.78, 5) is 11.4. The average molecular weight is 235 g/mol. The Bertz CT molecular complexity index is 368. The monoisotopic (exact) mass is 235 g/mol. The van der Waals surface area contributed by atoms with E-state index in [0.29, 0.717) is 13.0 Å². The van der Waals surface area contributed by atoms with Crippen LogP contribution < -0.4 is 10.6 Å². The molecule has 2 N–H and O–H groups in total. The molecular weight excluding hydrogens is 214 g/mol. The van der Waals surface area contributed by atoms with Crippen LogP contribution in [0, 0.1) is 0 Å². The van der Waals surface area contributed by atoms with Gasteiger partial charge in [0, 0.05) is 44.0 Å². The van der Waals surface area contributed by atoms with Crippen molar-refractivity contribution in [3.05, 3.63) is 24.0 Å². The molecule has 0 radical (unpaired) electrons. The summed E-state index contributed by atoms with van der Waals surface area (Å²) < 4.78 is 2.16. The van der Waals surface area contributed by atoms with Crippen LogP contribution in [-0.2, 0) is 17.9 Å². The number of carbonyl (C=O) groups excluding carboxylic acids is 1. The highest BCUT2D eigenvalue weighted by Crippen LogP contribution is 2.19. The predicted octanol–water partition coefficient (Wildman–Crippen LogP) is 1.27. The number of hydrogen-bond donors (Lipinski definition) is 2. The normalized spacial score (nSPS) is 14.9. The summed E-state index contributed by atoms with van der Waals surface area (Å²) in [6.45, 7) is 4.33. The van der Waals surface area contributed by atoms with Crippen molar-refractivity contribution in [2.45, 2.75) is 45.3 Å². The Labute approximate surface area is 102 Å². The third-order valence-electron chi connectivity index (χ3n) is 3.03. The smallest absolute Gasteiger partial charge is 0.221 e. The lowest BCUT2D eigenvalue weighted by molar-refractivity contribution is -0.121. The summed E-state index contributed by atoms with van der Waals surface area (Å²) in [5.74, 6) is 0.127. The second kappa shape index (κ2) is 5.87. The van der Waals surface area contributed by atoms with Crippen molar-refractivity contribution in [3.8, 4) is 0 Å². The third kappa shape index (κ3) is 3.89. The molecule has 0 unspecified atom stereocenters. The van der Waals surface area contributed by atoms with Crippen LogP contribution in [0.15, 0.2) is 18.3 Å². The number of hydrogen-bond acceptors (Lipinski definition) is 2. The highest BCUT2D eigenvalue weighted by Gasteiger charge is 2.20. The standard InChI is InChI=1S/C13H21N3O/c1-2-14-13(17)7-9-16-8-3-4-12(16)10-15-11-5-6-11/h3-4,8,11,15H,2,5-7,9-10H2,1H3,(H,14,17). The molecule has 2 rings (SSSR count). The van der Waals surface area contributed by atoms with E-state index in [4.69, 9.17) is 0 Å². The second-order valence-electron chi connectivity index (χ2n) is 4.55. The van der Waals surface area contributed by atoms with E-state index in [1.165, 1.54) is 18.5 Å². The first-order valence-electron chi connectivity index (χ1n) is 6.43. The van der Waals surface area contributed by atoms with Crippen LogP contribution in [0.25, 0.3) is 0 Å². The molecule has 94 valence electrons. The van der Waals surface area contributed by atoms with E-state index >= 15 is 0 Å². The van der Waals surface area contributed by atoms with Gasteiger partial charge >= 0.3 is 0 Å². The van der Waals surface area contributed by atoms with Gasteiger partial charge in [-0.05, 0) is 31.9 Å². The van der Waals surface area contributed by atoms with Gasteiger partial charge in [-0.3, -0.25) is 4.79 Å². The zero-order valence-electron chi connectivity index (χ0n) is 10.4. The Hall–Kier alpha value is -1.29. The minimum Gasteiger partial charge on any atom is -0.356 e. The van der Waals surface area contributed by atoms with Gasteiger partial charge in [0.25, 0.3) is 0 Å². The van der Waals surface area contributed by atoms with Crippen LogP contribution in [0.5, 0.6) is 0 Å². The lowest BCUT2D eigenvalue weighted by atomic mass is 10.3. The van der Waals surface area contributed by atoms with E-state index < -0.39 is 0 Å². The van der Waals surface area contributed by atoms with E-state index in [1.54, 1.807) is 0 Å². The Balaban J connectivity index is 1.78. The van der Waals surface area contributed by atoms with Crippen molar-refractivity contribution in [1.82, 2.24) is 15.2 Å². The molecule has 0 saturated heterocycles. The molecule has 1 fully saturated rings. The number of aromatic nitrogens is 1. The lowest BCUT2D eigenvalue weighted by Gasteiger charge is -2.09. The SMILES string of the molecule is CCNC(=O)CCn1cccc1CNC1CC1. The van der Waals surface area contributed by atoms with Gasteiger partial charge < -0.3 is 15.2 Å². The second-order valence-corrected chi connectivity index (χ2v) is 4.55. The van der Waals surface area contributed by atoms with E-state index in [2.05, 4.69) is 21.3 Å². The van der Waals surface area contributed by atoms with Crippen LogP contribution >= 0.6 is 0 Å².